The highest BCUT2D eigenvalue weighted by Crippen LogP contribution is 2.24. The minimum absolute atomic E-state index is 0.0587. The molecule has 0 fully saturated rings. The van der Waals surface area contributed by atoms with Gasteiger partial charge in [-0.3, -0.25) is 24.7 Å². The van der Waals surface area contributed by atoms with Crippen LogP contribution in [0.15, 0.2) is 24.3 Å². The Morgan fingerprint density at radius 2 is 1.80 bits per heavy atom. The number of hydrogen-bond acceptors (Lipinski definition) is 4. The Balaban J connectivity index is 2.21. The van der Waals surface area contributed by atoms with Crippen LogP contribution in [0.1, 0.15) is 40.5 Å². The first-order valence-corrected chi connectivity index (χ1v) is 6.55. The lowest BCUT2D eigenvalue weighted by atomic mass is 10.0. The van der Waals surface area contributed by atoms with E-state index in [2.05, 4.69) is 5.43 Å². The molecular formula is C14H17N3O3. The number of hydrogen-bond donors (Lipinski definition) is 2. The van der Waals surface area contributed by atoms with Gasteiger partial charge in [0.15, 0.2) is 0 Å². The topological polar surface area (TPSA) is 92.5 Å². The molecule has 106 valence electrons. The quantitative estimate of drug-likeness (QED) is 0.358. The van der Waals surface area contributed by atoms with E-state index in [1.54, 1.807) is 24.3 Å². The summed E-state index contributed by atoms with van der Waals surface area (Å²) in [7, 11) is 0. The Hall–Kier alpha value is -2.21. The second-order valence-electron chi connectivity index (χ2n) is 4.76. The zero-order valence-electron chi connectivity index (χ0n) is 11.3. The van der Waals surface area contributed by atoms with Crippen LogP contribution >= 0.6 is 0 Å². The number of rotatable bonds is 5. The zero-order valence-corrected chi connectivity index (χ0v) is 11.3. The van der Waals surface area contributed by atoms with Crippen molar-refractivity contribution in [3.63, 3.8) is 0 Å². The van der Waals surface area contributed by atoms with Crippen molar-refractivity contribution in [2.75, 3.05) is 6.54 Å². The molecule has 1 atom stereocenters. The molecule has 0 bridgehead atoms. The fourth-order valence-electron chi connectivity index (χ4n) is 2.40. The highest BCUT2D eigenvalue weighted by atomic mass is 16.2. The van der Waals surface area contributed by atoms with Gasteiger partial charge < -0.3 is 0 Å². The normalized spacial score (nSPS) is 15.2. The van der Waals surface area contributed by atoms with E-state index >= 15 is 0 Å². The van der Waals surface area contributed by atoms with Gasteiger partial charge in [-0.2, -0.15) is 0 Å². The summed E-state index contributed by atoms with van der Waals surface area (Å²) in [6, 6.07) is 6.66. The molecule has 6 heteroatoms. The van der Waals surface area contributed by atoms with Crippen molar-refractivity contribution in [3.05, 3.63) is 35.4 Å². The molecule has 1 unspecified atom stereocenters. The number of hydrazine groups is 1. The molecule has 1 aromatic carbocycles. The summed E-state index contributed by atoms with van der Waals surface area (Å²) < 4.78 is 0. The zero-order chi connectivity index (χ0) is 14.7. The van der Waals surface area contributed by atoms with Gasteiger partial charge in [-0.05, 0) is 18.6 Å². The van der Waals surface area contributed by atoms with Crippen LogP contribution < -0.4 is 11.3 Å². The largest absolute Gasteiger partial charge is 0.294 e. The van der Waals surface area contributed by atoms with Gasteiger partial charge in [0.1, 0.15) is 0 Å². The lowest BCUT2D eigenvalue weighted by Gasteiger charge is -2.20. The van der Waals surface area contributed by atoms with Gasteiger partial charge in [0.25, 0.3) is 11.8 Å². The number of nitrogens with zero attached hydrogens (tertiary/aromatic N) is 1. The van der Waals surface area contributed by atoms with Crippen LogP contribution in [0.3, 0.4) is 0 Å². The standard InChI is InChI=1S/C14H17N3O3/c1-2-5-9(12(18)16-15)8-17-13(19)10-6-3-4-7-11(10)14(17)20/h3-4,6-7,9H,2,5,8,15H2,1H3,(H,16,18). The maximum Gasteiger partial charge on any atom is 0.261 e. The number of carbonyl (C=O) groups is 3. The molecule has 1 heterocycles. The Bertz CT molecular complexity index is 521. The molecule has 1 aliphatic rings. The van der Waals surface area contributed by atoms with Gasteiger partial charge in [0.05, 0.1) is 17.0 Å². The maximum absolute atomic E-state index is 12.2. The molecule has 20 heavy (non-hydrogen) atoms. The molecule has 0 saturated heterocycles. The summed E-state index contributed by atoms with van der Waals surface area (Å²) in [6.07, 6.45) is 1.33. The maximum atomic E-state index is 12.2. The van der Waals surface area contributed by atoms with E-state index in [4.69, 9.17) is 5.84 Å². The highest BCUT2D eigenvalue weighted by Gasteiger charge is 2.37. The van der Waals surface area contributed by atoms with Gasteiger partial charge in [-0.25, -0.2) is 5.84 Å². The highest BCUT2D eigenvalue weighted by molar-refractivity contribution is 6.21. The van der Waals surface area contributed by atoms with Gasteiger partial charge in [-0.15, -0.1) is 0 Å². The molecular weight excluding hydrogens is 258 g/mol. The summed E-state index contributed by atoms with van der Waals surface area (Å²) in [5.41, 5.74) is 2.87. The second-order valence-corrected chi connectivity index (χ2v) is 4.76. The van der Waals surface area contributed by atoms with Crippen LogP contribution in [-0.4, -0.2) is 29.2 Å². The molecule has 3 amide bonds. The van der Waals surface area contributed by atoms with E-state index in [1.165, 1.54) is 0 Å². The minimum Gasteiger partial charge on any atom is -0.294 e. The lowest BCUT2D eigenvalue weighted by Crippen LogP contribution is -2.43. The van der Waals surface area contributed by atoms with Crippen LogP contribution in [0, 0.1) is 5.92 Å². The third-order valence-corrected chi connectivity index (χ3v) is 3.43. The summed E-state index contributed by atoms with van der Waals surface area (Å²) in [5.74, 6) is 3.60. The molecule has 1 aromatic rings. The van der Waals surface area contributed by atoms with E-state index in [-0.39, 0.29) is 24.3 Å². The van der Waals surface area contributed by atoms with Gasteiger partial charge in [0.2, 0.25) is 5.91 Å². The Morgan fingerprint density at radius 1 is 1.25 bits per heavy atom. The molecule has 2 rings (SSSR count). The molecule has 1 aliphatic heterocycles. The van der Waals surface area contributed by atoms with Crippen LogP contribution in [-0.2, 0) is 4.79 Å². The van der Waals surface area contributed by atoms with Gasteiger partial charge in [-0.1, -0.05) is 25.5 Å². The van der Waals surface area contributed by atoms with Crippen molar-refractivity contribution in [1.82, 2.24) is 10.3 Å². The van der Waals surface area contributed by atoms with Crippen molar-refractivity contribution >= 4 is 17.7 Å². The van der Waals surface area contributed by atoms with E-state index < -0.39 is 5.92 Å². The summed E-state index contributed by atoms with van der Waals surface area (Å²) >= 11 is 0. The number of nitrogens with one attached hydrogen (secondary N) is 1. The van der Waals surface area contributed by atoms with Gasteiger partial charge in [0, 0.05) is 6.54 Å². The fourth-order valence-corrected chi connectivity index (χ4v) is 2.40. The van der Waals surface area contributed by atoms with Crippen LogP contribution in [0.4, 0.5) is 0 Å². The monoisotopic (exact) mass is 275 g/mol. The number of carbonyl (C=O) groups excluding carboxylic acids is 3. The van der Waals surface area contributed by atoms with Crippen molar-refractivity contribution < 1.29 is 14.4 Å². The average Bonchev–Trinajstić information content (AvgIpc) is 2.71. The average molecular weight is 275 g/mol. The third kappa shape index (κ3) is 2.42. The number of fused-ring (bicyclic) bond motifs is 1. The lowest BCUT2D eigenvalue weighted by molar-refractivity contribution is -0.125. The van der Waals surface area contributed by atoms with Crippen molar-refractivity contribution in [2.24, 2.45) is 11.8 Å². The van der Waals surface area contributed by atoms with E-state index in [1.807, 2.05) is 6.92 Å². The number of nitrogens with two attached hydrogens (primary N) is 1. The number of amides is 3. The van der Waals surface area contributed by atoms with E-state index in [0.29, 0.717) is 17.5 Å². The Labute approximate surface area is 116 Å². The first-order chi connectivity index (χ1) is 9.60. The van der Waals surface area contributed by atoms with Crippen molar-refractivity contribution in [2.45, 2.75) is 19.8 Å². The van der Waals surface area contributed by atoms with E-state index in [0.717, 1.165) is 11.3 Å². The molecule has 0 saturated carbocycles. The second kappa shape index (κ2) is 5.83. The molecule has 6 nitrogen and oxygen atoms in total. The Kier molecular flexibility index (Phi) is 4.14. The molecule has 0 aromatic heterocycles. The fraction of sp³-hybridized carbons (Fsp3) is 0.357. The number of imide groups is 1. The van der Waals surface area contributed by atoms with Crippen LogP contribution in [0.25, 0.3) is 0 Å². The van der Waals surface area contributed by atoms with E-state index in [9.17, 15) is 14.4 Å². The molecule has 0 aliphatic carbocycles. The van der Waals surface area contributed by atoms with Gasteiger partial charge >= 0.3 is 0 Å². The Morgan fingerprint density at radius 3 is 2.25 bits per heavy atom. The smallest absolute Gasteiger partial charge is 0.261 e. The first kappa shape index (κ1) is 14.2. The third-order valence-electron chi connectivity index (χ3n) is 3.43. The van der Waals surface area contributed by atoms with Crippen LogP contribution in [0.5, 0.6) is 0 Å². The molecule has 0 spiro atoms. The SMILES string of the molecule is CCCC(CN1C(=O)c2ccccc2C1=O)C(=O)NN. The van der Waals surface area contributed by atoms with Crippen LogP contribution in [0.2, 0.25) is 0 Å². The number of benzene rings is 1. The molecule has 3 N–H and O–H groups in total. The van der Waals surface area contributed by atoms with Crippen molar-refractivity contribution in [3.8, 4) is 0 Å². The predicted octanol–water partition coefficient (Wildman–Crippen LogP) is 0.689. The summed E-state index contributed by atoms with van der Waals surface area (Å²) in [5, 5.41) is 0. The summed E-state index contributed by atoms with van der Waals surface area (Å²) in [6.45, 7) is 1.99. The van der Waals surface area contributed by atoms with Crippen molar-refractivity contribution in [1.29, 1.82) is 0 Å². The summed E-state index contributed by atoms with van der Waals surface area (Å²) in [4.78, 5) is 37.2. The minimum atomic E-state index is -0.479. The first-order valence-electron chi connectivity index (χ1n) is 6.55. The predicted molar refractivity (Wildman–Crippen MR) is 72.5 cm³/mol. The molecule has 0 radical (unpaired) electrons.